The molecule has 7 heteroatoms. The Bertz CT molecular complexity index is 620. The molecule has 0 unspecified atom stereocenters. The summed E-state index contributed by atoms with van der Waals surface area (Å²) < 4.78 is 17.3. The number of ether oxygens (including phenoxy) is 1. The van der Waals surface area contributed by atoms with Crippen LogP contribution in [0.2, 0.25) is 10.0 Å². The smallest absolute Gasteiger partial charge is 0.257 e. The van der Waals surface area contributed by atoms with Crippen LogP contribution in [0.4, 0.5) is 4.39 Å². The van der Waals surface area contributed by atoms with Gasteiger partial charge in [0, 0.05) is 24.1 Å². The lowest BCUT2D eigenvalue weighted by Crippen LogP contribution is -2.29. The average Bonchev–Trinajstić information content (AvgIpc) is 2.58. The van der Waals surface area contributed by atoms with E-state index in [0.717, 1.165) is 0 Å². The Hall–Kier alpha value is -1.59. The summed E-state index contributed by atoms with van der Waals surface area (Å²) in [7, 11) is 0. The van der Waals surface area contributed by atoms with Crippen LogP contribution in [-0.4, -0.2) is 31.5 Å². The highest BCUT2D eigenvalue weighted by atomic mass is 35.5. The van der Waals surface area contributed by atoms with E-state index in [4.69, 9.17) is 27.9 Å². The number of unbranched alkanes of at least 4 members (excludes halogenated alkanes) is 1. The third kappa shape index (κ3) is 5.80. The quantitative estimate of drug-likeness (QED) is 0.492. The largest absolute Gasteiger partial charge is 0.482 e. The lowest BCUT2D eigenvalue weighted by molar-refractivity contribution is -0.123. The van der Waals surface area contributed by atoms with Crippen LogP contribution < -0.4 is 10.1 Å². The standard InChI is InChI=1S/C17H20Cl2FNO3/c1-3-13(22)11(2)12-6-7-14(17(19)16(12)18)24-10-15(23)21-9-5-4-8-20/h6-7H,2-5,8-10H2,1H3,(H,21,23)/i20-1. The van der Waals surface area contributed by atoms with E-state index in [-0.39, 0.29) is 39.7 Å². The molecule has 0 saturated heterocycles. The minimum atomic E-state index is -0.404. The summed E-state index contributed by atoms with van der Waals surface area (Å²) in [5, 5.41) is 2.88. The zero-order valence-corrected chi connectivity index (χ0v) is 15.0. The number of rotatable bonds is 10. The number of Topliss-reactive ketones (excluding diaryl/α,β-unsaturated/α-hetero) is 1. The van der Waals surface area contributed by atoms with Crippen LogP contribution in [0, 0.1) is 0 Å². The van der Waals surface area contributed by atoms with Gasteiger partial charge in [-0.2, -0.15) is 0 Å². The van der Waals surface area contributed by atoms with E-state index in [1.165, 1.54) is 6.07 Å². The van der Waals surface area contributed by atoms with Crippen molar-refractivity contribution in [3.05, 3.63) is 34.3 Å². The predicted molar refractivity (Wildman–Crippen MR) is 94.5 cm³/mol. The highest BCUT2D eigenvalue weighted by molar-refractivity contribution is 6.45. The number of nitrogens with one attached hydrogen (secondary N) is 1. The molecule has 0 bridgehead atoms. The number of carbonyl (C=O) groups excluding carboxylic acids is 2. The Kier molecular flexibility index (Phi) is 8.79. The minimum absolute atomic E-state index is 0.115. The highest BCUT2D eigenvalue weighted by Gasteiger charge is 2.17. The lowest BCUT2D eigenvalue weighted by Gasteiger charge is -2.13. The molecule has 4 nitrogen and oxygen atoms in total. The summed E-state index contributed by atoms with van der Waals surface area (Å²) in [5.74, 6) is -0.231. The van der Waals surface area contributed by atoms with Crippen LogP contribution in [0.15, 0.2) is 18.7 Å². The van der Waals surface area contributed by atoms with Crippen molar-refractivity contribution >= 4 is 40.5 Å². The van der Waals surface area contributed by atoms with E-state index in [0.29, 0.717) is 31.4 Å². The van der Waals surface area contributed by atoms with Gasteiger partial charge in [-0.15, -0.1) is 0 Å². The fourth-order valence-corrected chi connectivity index (χ4v) is 2.37. The molecule has 0 aliphatic rings. The van der Waals surface area contributed by atoms with Gasteiger partial charge in [-0.3, -0.25) is 14.0 Å². The first kappa shape index (κ1) is 20.5. The summed E-state index contributed by atoms with van der Waals surface area (Å²) in [6.07, 6.45) is 1.29. The predicted octanol–water partition coefficient (Wildman–Crippen LogP) is 4.23. The molecule has 1 N–H and O–H groups in total. The van der Waals surface area contributed by atoms with Crippen molar-refractivity contribution in [2.24, 2.45) is 0 Å². The van der Waals surface area contributed by atoms with E-state index in [1.807, 2.05) is 0 Å². The van der Waals surface area contributed by atoms with Crippen LogP contribution in [0.3, 0.4) is 0 Å². The first-order valence-electron chi connectivity index (χ1n) is 7.58. The molecule has 0 aliphatic carbocycles. The zero-order chi connectivity index (χ0) is 18.1. The Labute approximate surface area is 151 Å². The van der Waals surface area contributed by atoms with Crippen molar-refractivity contribution < 1.29 is 18.7 Å². The summed E-state index contributed by atoms with van der Waals surface area (Å²) in [6, 6.07) is 3.12. The molecule has 0 aliphatic heterocycles. The number of carbonyl (C=O) groups is 2. The molecule has 0 heterocycles. The van der Waals surface area contributed by atoms with Gasteiger partial charge < -0.3 is 10.1 Å². The van der Waals surface area contributed by atoms with Gasteiger partial charge >= 0.3 is 0 Å². The molecule has 24 heavy (non-hydrogen) atoms. The Morgan fingerprint density at radius 1 is 1.25 bits per heavy atom. The van der Waals surface area contributed by atoms with Crippen LogP contribution in [-0.2, 0) is 9.59 Å². The van der Waals surface area contributed by atoms with Gasteiger partial charge in [-0.25, -0.2) is 0 Å². The molecular formula is C17H20Cl2FNO3. The van der Waals surface area contributed by atoms with E-state index in [9.17, 15) is 14.0 Å². The number of halogens is 3. The van der Waals surface area contributed by atoms with Gasteiger partial charge in [0.1, 0.15) is 10.8 Å². The molecule has 0 fully saturated rings. The van der Waals surface area contributed by atoms with E-state index >= 15 is 0 Å². The first-order chi connectivity index (χ1) is 11.4. The summed E-state index contributed by atoms with van der Waals surface area (Å²) in [5.41, 5.74) is 0.720. The summed E-state index contributed by atoms with van der Waals surface area (Å²) in [4.78, 5) is 23.3. The summed E-state index contributed by atoms with van der Waals surface area (Å²) in [6.45, 7) is 5.20. The second-order valence-electron chi connectivity index (χ2n) is 5.03. The maximum atomic E-state index is 11.9. The van der Waals surface area contributed by atoms with Crippen molar-refractivity contribution in [2.45, 2.75) is 26.2 Å². The monoisotopic (exact) mass is 374 g/mol. The number of benzene rings is 1. The average molecular weight is 375 g/mol. The van der Waals surface area contributed by atoms with Gasteiger partial charge in [-0.05, 0) is 25.0 Å². The molecule has 132 valence electrons. The van der Waals surface area contributed by atoms with Crippen LogP contribution in [0.1, 0.15) is 31.7 Å². The molecule has 0 radical (unpaired) electrons. The number of amides is 1. The van der Waals surface area contributed by atoms with Gasteiger partial charge in [0.25, 0.3) is 5.91 Å². The maximum Gasteiger partial charge on any atom is 0.257 e. The van der Waals surface area contributed by atoms with Gasteiger partial charge in [0.2, 0.25) is 0 Å². The fraction of sp³-hybridized carbons (Fsp3) is 0.412. The third-order valence-corrected chi connectivity index (χ3v) is 4.14. The second-order valence-corrected chi connectivity index (χ2v) is 5.79. The fourth-order valence-electron chi connectivity index (χ4n) is 1.88. The number of hydrogen-bond donors (Lipinski definition) is 1. The highest BCUT2D eigenvalue weighted by Crippen LogP contribution is 2.37. The molecule has 0 aromatic heterocycles. The first-order valence-corrected chi connectivity index (χ1v) is 8.33. The number of allylic oxidation sites excluding steroid dienone is 1. The van der Waals surface area contributed by atoms with E-state index < -0.39 is 6.67 Å². The van der Waals surface area contributed by atoms with Crippen LogP contribution >= 0.6 is 23.2 Å². The van der Waals surface area contributed by atoms with Crippen molar-refractivity contribution in [1.29, 1.82) is 0 Å². The number of hydrogen-bond acceptors (Lipinski definition) is 3. The van der Waals surface area contributed by atoms with Crippen LogP contribution in [0.25, 0.3) is 5.57 Å². The number of alkyl halides is 1. The normalized spacial score (nSPS) is 10.3. The Morgan fingerprint density at radius 3 is 2.58 bits per heavy atom. The van der Waals surface area contributed by atoms with Gasteiger partial charge in [-0.1, -0.05) is 36.7 Å². The number of ketones is 1. The van der Waals surface area contributed by atoms with Gasteiger partial charge in [0.15, 0.2) is 12.4 Å². The van der Waals surface area contributed by atoms with E-state index in [1.54, 1.807) is 13.0 Å². The summed E-state index contributed by atoms with van der Waals surface area (Å²) >= 11 is 12.3. The zero-order valence-electron chi connectivity index (χ0n) is 13.5. The van der Waals surface area contributed by atoms with Crippen molar-refractivity contribution in [2.75, 3.05) is 19.8 Å². The van der Waals surface area contributed by atoms with Crippen LogP contribution in [0.5, 0.6) is 5.75 Å². The van der Waals surface area contributed by atoms with Crippen molar-refractivity contribution in [1.82, 2.24) is 5.32 Å². The Morgan fingerprint density at radius 2 is 1.96 bits per heavy atom. The molecule has 0 saturated carbocycles. The second kappa shape index (κ2) is 10.3. The molecular weight excluding hydrogens is 355 g/mol. The van der Waals surface area contributed by atoms with Crippen molar-refractivity contribution in [3.63, 3.8) is 0 Å². The topological polar surface area (TPSA) is 55.4 Å². The molecule has 1 rings (SSSR count). The third-order valence-electron chi connectivity index (χ3n) is 3.27. The molecule has 1 aromatic rings. The SMILES string of the molecule is C=C(C(=O)CC)c1ccc(OCC(=O)NCCCC[18F])c(Cl)c1Cl. The minimum Gasteiger partial charge on any atom is -0.482 e. The lowest BCUT2D eigenvalue weighted by atomic mass is 10.0. The Balaban J connectivity index is 2.68. The molecule has 1 aromatic carbocycles. The maximum absolute atomic E-state index is 11.9. The molecule has 0 spiro atoms. The van der Waals surface area contributed by atoms with Gasteiger partial charge in [0.05, 0.1) is 11.7 Å². The molecule has 1 amide bonds. The molecule has 0 atom stereocenters. The van der Waals surface area contributed by atoms with Crippen molar-refractivity contribution in [3.8, 4) is 5.75 Å². The van der Waals surface area contributed by atoms with E-state index in [2.05, 4.69) is 11.9 Å².